The van der Waals surface area contributed by atoms with E-state index >= 15 is 0 Å². The minimum atomic E-state index is -0.557. The minimum absolute atomic E-state index is 0.0142. The molecule has 0 radical (unpaired) electrons. The van der Waals surface area contributed by atoms with Crippen LogP contribution in [0.5, 0.6) is 0 Å². The smallest absolute Gasteiger partial charge is 0.415 e. The number of ether oxygens (including phenoxy) is 1. The Balaban J connectivity index is 2.15. The Bertz CT molecular complexity index is 695. The van der Waals surface area contributed by atoms with Crippen molar-refractivity contribution >= 4 is 17.7 Å². The van der Waals surface area contributed by atoms with E-state index in [-0.39, 0.29) is 18.0 Å². The van der Waals surface area contributed by atoms with Gasteiger partial charge in [0.05, 0.1) is 5.69 Å². The molecule has 1 aliphatic rings. The van der Waals surface area contributed by atoms with Gasteiger partial charge >= 0.3 is 6.09 Å². The van der Waals surface area contributed by atoms with E-state index in [0.29, 0.717) is 13.0 Å². The second kappa shape index (κ2) is 8.06. The van der Waals surface area contributed by atoms with Crippen molar-refractivity contribution in [1.29, 1.82) is 0 Å². The Morgan fingerprint density at radius 3 is 2.72 bits per heavy atom. The lowest BCUT2D eigenvalue weighted by atomic mass is 9.94. The molecule has 134 valence electrons. The topological polar surface area (TPSA) is 58.6 Å². The van der Waals surface area contributed by atoms with Crippen LogP contribution in [0.15, 0.2) is 24.3 Å². The van der Waals surface area contributed by atoms with Crippen molar-refractivity contribution in [2.45, 2.75) is 58.6 Å². The lowest BCUT2D eigenvalue weighted by molar-refractivity contribution is -0.115. The zero-order valence-corrected chi connectivity index (χ0v) is 15.4. The zero-order valence-electron chi connectivity index (χ0n) is 15.4. The van der Waals surface area contributed by atoms with Crippen LogP contribution in [0.4, 0.5) is 10.5 Å². The predicted molar refractivity (Wildman–Crippen MR) is 98.3 cm³/mol. The average molecular weight is 342 g/mol. The number of hydrogen-bond acceptors (Lipinski definition) is 3. The fourth-order valence-corrected chi connectivity index (χ4v) is 2.95. The first-order chi connectivity index (χ1) is 11.8. The molecule has 1 aromatic carbocycles. The van der Waals surface area contributed by atoms with Gasteiger partial charge in [-0.05, 0) is 64.5 Å². The van der Waals surface area contributed by atoms with Gasteiger partial charge in [0.25, 0.3) is 5.91 Å². The van der Waals surface area contributed by atoms with Crippen LogP contribution < -0.4 is 10.2 Å². The maximum atomic E-state index is 12.8. The van der Waals surface area contributed by atoms with Crippen LogP contribution in [0.1, 0.15) is 46.1 Å². The summed E-state index contributed by atoms with van der Waals surface area (Å²) in [6, 6.07) is 7.89. The number of rotatable bonds is 3. The van der Waals surface area contributed by atoms with Crippen LogP contribution in [0, 0.1) is 11.8 Å². The van der Waals surface area contributed by atoms with Crippen molar-refractivity contribution in [3.05, 3.63) is 29.8 Å². The normalized spacial score (nSPS) is 16.3. The molecule has 0 fully saturated rings. The molecule has 1 aromatic rings. The largest absolute Gasteiger partial charge is 0.443 e. The van der Waals surface area contributed by atoms with Gasteiger partial charge in [0.15, 0.2) is 0 Å². The molecular weight excluding hydrogens is 316 g/mol. The molecule has 1 unspecified atom stereocenters. The predicted octanol–water partition coefficient (Wildman–Crippen LogP) is 3.27. The Labute approximate surface area is 149 Å². The van der Waals surface area contributed by atoms with Crippen LogP contribution >= 0.6 is 0 Å². The first-order valence-electron chi connectivity index (χ1n) is 8.62. The van der Waals surface area contributed by atoms with Gasteiger partial charge in [-0.25, -0.2) is 4.79 Å². The highest BCUT2D eigenvalue weighted by atomic mass is 16.6. The van der Waals surface area contributed by atoms with Gasteiger partial charge in [0.1, 0.15) is 5.60 Å². The number of aryl methyl sites for hydroxylation is 1. The number of nitrogens with one attached hydrogen (secondary N) is 1. The van der Waals surface area contributed by atoms with E-state index in [9.17, 15) is 9.59 Å². The third kappa shape index (κ3) is 5.25. The van der Waals surface area contributed by atoms with Crippen molar-refractivity contribution in [2.24, 2.45) is 0 Å². The maximum Gasteiger partial charge on any atom is 0.415 e. The number of benzene rings is 1. The molecule has 25 heavy (non-hydrogen) atoms. The highest BCUT2D eigenvalue weighted by Crippen LogP contribution is 2.33. The maximum absolute atomic E-state index is 12.8. The van der Waals surface area contributed by atoms with Crippen LogP contribution in [0.2, 0.25) is 0 Å². The molecule has 0 aliphatic carbocycles. The van der Waals surface area contributed by atoms with Crippen LogP contribution in [0.3, 0.4) is 0 Å². The van der Waals surface area contributed by atoms with Gasteiger partial charge in [-0.15, -0.1) is 0 Å². The summed E-state index contributed by atoms with van der Waals surface area (Å²) in [5, 5.41) is 2.77. The molecule has 1 heterocycles. The molecule has 0 bridgehead atoms. The Morgan fingerprint density at radius 2 is 2.04 bits per heavy atom. The van der Waals surface area contributed by atoms with Crippen LogP contribution in [-0.4, -0.2) is 30.2 Å². The first-order valence-corrected chi connectivity index (χ1v) is 8.62. The first kappa shape index (κ1) is 18.9. The Kier molecular flexibility index (Phi) is 6.08. The van der Waals surface area contributed by atoms with Crippen molar-refractivity contribution in [3.8, 4) is 11.8 Å². The lowest BCUT2D eigenvalue weighted by Gasteiger charge is -2.38. The summed E-state index contributed by atoms with van der Waals surface area (Å²) in [6.07, 6.45) is 2.06. The summed E-state index contributed by atoms with van der Waals surface area (Å²) in [7, 11) is 0. The standard InChI is InChI=1S/C20H26N2O3/c1-5-8-18(23)21-14-13-16-12-11-15-9-6-7-10-17(15)22(16)19(24)25-20(2,3)4/h6-7,9-10,16H,11-14H2,1-4H3,(H,21,23). The Morgan fingerprint density at radius 1 is 1.32 bits per heavy atom. The monoisotopic (exact) mass is 342 g/mol. The number of para-hydroxylation sites is 1. The second-order valence-electron chi connectivity index (χ2n) is 7.09. The van der Waals surface area contributed by atoms with Crippen molar-refractivity contribution in [1.82, 2.24) is 5.32 Å². The summed E-state index contributed by atoms with van der Waals surface area (Å²) in [5.41, 5.74) is 1.48. The quantitative estimate of drug-likeness (QED) is 0.858. The summed E-state index contributed by atoms with van der Waals surface area (Å²) in [5.74, 6) is 4.74. The fraction of sp³-hybridized carbons (Fsp3) is 0.500. The van der Waals surface area contributed by atoms with E-state index in [0.717, 1.165) is 24.1 Å². The van der Waals surface area contributed by atoms with Gasteiger partial charge in [-0.1, -0.05) is 24.1 Å². The van der Waals surface area contributed by atoms with Crippen molar-refractivity contribution < 1.29 is 14.3 Å². The van der Waals surface area contributed by atoms with E-state index in [4.69, 9.17) is 4.74 Å². The number of anilines is 1. The Hall–Kier alpha value is -2.48. The van der Waals surface area contributed by atoms with E-state index in [1.807, 2.05) is 45.0 Å². The van der Waals surface area contributed by atoms with Gasteiger partial charge < -0.3 is 10.1 Å². The minimum Gasteiger partial charge on any atom is -0.443 e. The van der Waals surface area contributed by atoms with Crippen LogP contribution in [0.25, 0.3) is 0 Å². The fourth-order valence-electron chi connectivity index (χ4n) is 2.95. The molecule has 0 saturated carbocycles. The van der Waals surface area contributed by atoms with E-state index < -0.39 is 5.60 Å². The number of nitrogens with zero attached hydrogens (tertiary/aromatic N) is 1. The highest BCUT2D eigenvalue weighted by Gasteiger charge is 2.33. The number of fused-ring (bicyclic) bond motifs is 1. The number of hydrogen-bond donors (Lipinski definition) is 1. The van der Waals surface area contributed by atoms with Gasteiger partial charge in [0, 0.05) is 12.6 Å². The molecule has 1 aliphatic heterocycles. The van der Waals surface area contributed by atoms with E-state index in [1.54, 1.807) is 11.8 Å². The molecule has 0 aromatic heterocycles. The molecule has 5 heteroatoms. The van der Waals surface area contributed by atoms with Crippen LogP contribution in [-0.2, 0) is 16.0 Å². The highest BCUT2D eigenvalue weighted by molar-refractivity contribution is 5.93. The van der Waals surface area contributed by atoms with Gasteiger partial charge in [0.2, 0.25) is 0 Å². The summed E-state index contributed by atoms with van der Waals surface area (Å²) < 4.78 is 5.61. The van der Waals surface area contributed by atoms with Gasteiger partial charge in [-0.2, -0.15) is 0 Å². The molecule has 1 N–H and O–H groups in total. The van der Waals surface area contributed by atoms with Gasteiger partial charge in [-0.3, -0.25) is 9.69 Å². The molecule has 2 rings (SSSR count). The van der Waals surface area contributed by atoms with Crippen molar-refractivity contribution in [3.63, 3.8) is 0 Å². The second-order valence-corrected chi connectivity index (χ2v) is 7.09. The SMILES string of the molecule is CC#CC(=O)NCCC1CCc2ccccc2N1C(=O)OC(C)(C)C. The number of carbonyl (C=O) groups is 2. The number of carbonyl (C=O) groups excluding carboxylic acids is 2. The molecule has 0 spiro atoms. The molecule has 0 saturated heterocycles. The summed E-state index contributed by atoms with van der Waals surface area (Å²) in [6.45, 7) is 7.68. The molecule has 5 nitrogen and oxygen atoms in total. The van der Waals surface area contributed by atoms with Crippen molar-refractivity contribution in [2.75, 3.05) is 11.4 Å². The lowest BCUT2D eigenvalue weighted by Crippen LogP contribution is -2.47. The number of amides is 2. The third-order valence-electron chi connectivity index (χ3n) is 3.96. The molecule has 1 atom stereocenters. The average Bonchev–Trinajstić information content (AvgIpc) is 2.53. The zero-order chi connectivity index (χ0) is 18.4. The summed E-state index contributed by atoms with van der Waals surface area (Å²) >= 11 is 0. The molecular formula is C20H26N2O3. The third-order valence-corrected chi connectivity index (χ3v) is 3.96. The summed E-state index contributed by atoms with van der Waals surface area (Å²) in [4.78, 5) is 26.0. The molecule has 2 amide bonds. The van der Waals surface area contributed by atoms with E-state index in [1.165, 1.54) is 0 Å². The van der Waals surface area contributed by atoms with E-state index in [2.05, 4.69) is 17.2 Å².